The van der Waals surface area contributed by atoms with Gasteiger partial charge in [0.25, 0.3) is 0 Å². The number of hydrogen-bond acceptors (Lipinski definition) is 2. The summed E-state index contributed by atoms with van der Waals surface area (Å²) in [7, 11) is 0. The number of hydrogen-bond donors (Lipinski definition) is 1. The fourth-order valence-electron chi connectivity index (χ4n) is 4.17. The molecule has 2 fully saturated rings. The highest BCUT2D eigenvalue weighted by atomic mass is 16.3. The van der Waals surface area contributed by atoms with E-state index in [-0.39, 0.29) is 6.10 Å². The molecule has 1 heterocycles. The summed E-state index contributed by atoms with van der Waals surface area (Å²) >= 11 is 0. The van der Waals surface area contributed by atoms with Crippen molar-refractivity contribution in [2.45, 2.75) is 77.7 Å². The number of likely N-dealkylation sites (tertiary alicyclic amines) is 1. The van der Waals surface area contributed by atoms with Gasteiger partial charge in [0.1, 0.15) is 0 Å². The highest BCUT2D eigenvalue weighted by Gasteiger charge is 2.31. The molecule has 19 heavy (non-hydrogen) atoms. The summed E-state index contributed by atoms with van der Waals surface area (Å²) in [6, 6.07) is 0. The van der Waals surface area contributed by atoms with Crippen molar-refractivity contribution in [3.8, 4) is 0 Å². The average molecular weight is 267 g/mol. The molecule has 0 spiro atoms. The molecule has 1 atom stereocenters. The topological polar surface area (TPSA) is 23.5 Å². The number of β-amino-alcohol motifs (C(OH)–C–C–N with tert-alkyl or cyclic N) is 1. The van der Waals surface area contributed by atoms with Crippen LogP contribution in [0.5, 0.6) is 0 Å². The van der Waals surface area contributed by atoms with Crippen LogP contribution >= 0.6 is 0 Å². The summed E-state index contributed by atoms with van der Waals surface area (Å²) in [5.41, 5.74) is 0.604. The highest BCUT2D eigenvalue weighted by molar-refractivity contribution is 4.85. The lowest BCUT2D eigenvalue weighted by molar-refractivity contribution is 0.0445. The molecule has 0 bridgehead atoms. The Morgan fingerprint density at radius 3 is 2.21 bits per heavy atom. The predicted molar refractivity (Wildman–Crippen MR) is 81.3 cm³/mol. The third kappa shape index (κ3) is 4.19. The zero-order valence-electron chi connectivity index (χ0n) is 13.0. The van der Waals surface area contributed by atoms with E-state index >= 15 is 0 Å². The third-order valence-electron chi connectivity index (χ3n) is 5.97. The second kappa shape index (κ2) is 7.08. The van der Waals surface area contributed by atoms with Crippen molar-refractivity contribution in [3.63, 3.8) is 0 Å². The van der Waals surface area contributed by atoms with Crippen molar-refractivity contribution >= 4 is 0 Å². The standard InChI is InChI=1S/C17H33NO/c1-3-17(4-2)9-11-18(12-10-17)14-16(19)13-15-7-5-6-8-15/h15-16,19H,3-14H2,1-2H3. The monoisotopic (exact) mass is 267 g/mol. The van der Waals surface area contributed by atoms with Gasteiger partial charge in [-0.3, -0.25) is 0 Å². The van der Waals surface area contributed by atoms with Crippen LogP contribution in [0.2, 0.25) is 0 Å². The molecule has 112 valence electrons. The molecule has 1 saturated carbocycles. The SMILES string of the molecule is CCC1(CC)CCN(CC(O)CC2CCCC2)CC1. The highest BCUT2D eigenvalue weighted by Crippen LogP contribution is 2.38. The molecule has 1 aliphatic heterocycles. The summed E-state index contributed by atoms with van der Waals surface area (Å²) in [5, 5.41) is 10.3. The Balaban J connectivity index is 1.69. The number of nitrogens with zero attached hydrogens (tertiary/aromatic N) is 1. The van der Waals surface area contributed by atoms with E-state index in [2.05, 4.69) is 18.7 Å². The number of aliphatic hydroxyl groups excluding tert-OH is 1. The fourth-order valence-corrected chi connectivity index (χ4v) is 4.17. The van der Waals surface area contributed by atoms with Gasteiger partial charge in [0, 0.05) is 6.54 Å². The smallest absolute Gasteiger partial charge is 0.0669 e. The minimum absolute atomic E-state index is 0.0844. The van der Waals surface area contributed by atoms with Crippen LogP contribution in [0, 0.1) is 11.3 Å². The Labute approximate surface area is 119 Å². The Hall–Kier alpha value is -0.0800. The van der Waals surface area contributed by atoms with Crippen molar-refractivity contribution in [1.29, 1.82) is 0 Å². The predicted octanol–water partition coefficient (Wildman–Crippen LogP) is 3.83. The van der Waals surface area contributed by atoms with Crippen molar-refractivity contribution in [3.05, 3.63) is 0 Å². The van der Waals surface area contributed by atoms with Gasteiger partial charge in [-0.25, -0.2) is 0 Å². The molecule has 2 rings (SSSR count). The van der Waals surface area contributed by atoms with E-state index in [1.807, 2.05) is 0 Å². The van der Waals surface area contributed by atoms with Gasteiger partial charge in [-0.05, 0) is 43.7 Å². The summed E-state index contributed by atoms with van der Waals surface area (Å²) < 4.78 is 0. The van der Waals surface area contributed by atoms with Crippen molar-refractivity contribution in [2.24, 2.45) is 11.3 Å². The second-order valence-electron chi connectivity index (χ2n) is 7.05. The second-order valence-corrected chi connectivity index (χ2v) is 7.05. The van der Waals surface area contributed by atoms with Crippen molar-refractivity contribution in [2.75, 3.05) is 19.6 Å². The fraction of sp³-hybridized carbons (Fsp3) is 1.00. The minimum atomic E-state index is -0.0844. The van der Waals surface area contributed by atoms with E-state index in [1.54, 1.807) is 0 Å². The maximum absolute atomic E-state index is 10.3. The van der Waals surface area contributed by atoms with Gasteiger partial charge in [0.05, 0.1) is 6.10 Å². The zero-order valence-corrected chi connectivity index (χ0v) is 13.0. The molecular formula is C17H33NO. The molecule has 0 amide bonds. The minimum Gasteiger partial charge on any atom is -0.392 e. The number of aliphatic hydroxyl groups is 1. The molecule has 2 nitrogen and oxygen atoms in total. The summed E-state index contributed by atoms with van der Waals surface area (Å²) in [5.74, 6) is 0.810. The Morgan fingerprint density at radius 1 is 1.11 bits per heavy atom. The third-order valence-corrected chi connectivity index (χ3v) is 5.97. The molecule has 1 unspecified atom stereocenters. The summed E-state index contributed by atoms with van der Waals surface area (Å²) in [6.45, 7) is 8.00. The molecule has 0 radical (unpaired) electrons. The van der Waals surface area contributed by atoms with Crippen LogP contribution < -0.4 is 0 Å². The number of piperidine rings is 1. The van der Waals surface area contributed by atoms with Crippen LogP contribution in [0.4, 0.5) is 0 Å². The first-order chi connectivity index (χ1) is 9.17. The van der Waals surface area contributed by atoms with E-state index in [1.165, 1.54) is 64.5 Å². The average Bonchev–Trinajstić information content (AvgIpc) is 2.93. The number of rotatable bonds is 6. The van der Waals surface area contributed by atoms with Gasteiger partial charge < -0.3 is 10.0 Å². The maximum Gasteiger partial charge on any atom is 0.0669 e. The maximum atomic E-state index is 10.3. The Morgan fingerprint density at radius 2 is 1.68 bits per heavy atom. The summed E-state index contributed by atoms with van der Waals surface area (Å²) in [4.78, 5) is 2.50. The molecule has 0 aromatic carbocycles. The molecule has 0 aromatic rings. The molecule has 2 aliphatic rings. The normalized spacial score (nSPS) is 26.7. The first-order valence-electron chi connectivity index (χ1n) is 8.58. The van der Waals surface area contributed by atoms with Gasteiger partial charge in [-0.1, -0.05) is 52.4 Å². The lowest BCUT2D eigenvalue weighted by atomic mass is 9.74. The van der Waals surface area contributed by atoms with Crippen LogP contribution in [0.1, 0.15) is 71.6 Å². The summed E-state index contributed by atoms with van der Waals surface area (Å²) in [6.07, 6.45) is 11.7. The first kappa shape index (κ1) is 15.3. The first-order valence-corrected chi connectivity index (χ1v) is 8.58. The van der Waals surface area contributed by atoms with Gasteiger partial charge in [0.2, 0.25) is 0 Å². The van der Waals surface area contributed by atoms with Gasteiger partial charge in [-0.2, -0.15) is 0 Å². The van der Waals surface area contributed by atoms with Crippen LogP contribution in [0.15, 0.2) is 0 Å². The Kier molecular flexibility index (Phi) is 5.70. The van der Waals surface area contributed by atoms with E-state index in [0.29, 0.717) is 5.41 Å². The van der Waals surface area contributed by atoms with Crippen molar-refractivity contribution < 1.29 is 5.11 Å². The van der Waals surface area contributed by atoms with Crippen LogP contribution in [0.3, 0.4) is 0 Å². The lowest BCUT2D eigenvalue weighted by Crippen LogP contribution is -2.43. The van der Waals surface area contributed by atoms with Crippen molar-refractivity contribution in [1.82, 2.24) is 4.90 Å². The quantitative estimate of drug-likeness (QED) is 0.790. The van der Waals surface area contributed by atoms with Crippen LogP contribution in [-0.4, -0.2) is 35.7 Å². The molecule has 0 aromatic heterocycles. The van der Waals surface area contributed by atoms with Crippen LogP contribution in [-0.2, 0) is 0 Å². The van der Waals surface area contributed by atoms with E-state index < -0.39 is 0 Å². The van der Waals surface area contributed by atoms with Gasteiger partial charge in [-0.15, -0.1) is 0 Å². The molecular weight excluding hydrogens is 234 g/mol. The van der Waals surface area contributed by atoms with Crippen LogP contribution in [0.25, 0.3) is 0 Å². The van der Waals surface area contributed by atoms with Gasteiger partial charge >= 0.3 is 0 Å². The lowest BCUT2D eigenvalue weighted by Gasteiger charge is -2.41. The van der Waals surface area contributed by atoms with E-state index in [0.717, 1.165) is 18.9 Å². The largest absolute Gasteiger partial charge is 0.392 e. The van der Waals surface area contributed by atoms with Gasteiger partial charge in [0.15, 0.2) is 0 Å². The van der Waals surface area contributed by atoms with E-state index in [9.17, 15) is 5.11 Å². The molecule has 1 aliphatic carbocycles. The Bertz CT molecular complexity index is 246. The molecule has 2 heteroatoms. The molecule has 1 saturated heterocycles. The van der Waals surface area contributed by atoms with E-state index in [4.69, 9.17) is 0 Å². The molecule has 1 N–H and O–H groups in total. The zero-order chi connectivity index (χ0) is 13.7.